The maximum absolute atomic E-state index is 12.5. The van der Waals surface area contributed by atoms with Gasteiger partial charge in [-0.3, -0.25) is 0 Å². The highest BCUT2D eigenvalue weighted by atomic mass is 19.4. The normalized spacial score (nSPS) is 14.9. The maximum Gasteiger partial charge on any atom is 0.416 e. The van der Waals surface area contributed by atoms with Crippen LogP contribution in [0.2, 0.25) is 0 Å². The van der Waals surface area contributed by atoms with E-state index in [4.69, 9.17) is 10.5 Å². The fraction of sp³-hybridized carbons (Fsp3) is 0.467. The van der Waals surface area contributed by atoms with E-state index in [0.29, 0.717) is 0 Å². The summed E-state index contributed by atoms with van der Waals surface area (Å²) in [6.07, 6.45) is -4.99. The number of benzene rings is 1. The lowest BCUT2D eigenvalue weighted by atomic mass is 9.91. The largest absolute Gasteiger partial charge is 0.479 e. The Morgan fingerprint density at radius 1 is 1.13 bits per heavy atom. The first kappa shape index (κ1) is 19.0. The first-order valence-electron chi connectivity index (χ1n) is 6.67. The average molecular weight is 333 g/mol. The first-order chi connectivity index (χ1) is 10.3. The molecule has 0 aliphatic rings. The molecule has 128 valence electrons. The number of hydrogen-bond acceptors (Lipinski definition) is 4. The predicted octanol–water partition coefficient (Wildman–Crippen LogP) is 2.37. The van der Waals surface area contributed by atoms with Gasteiger partial charge in [0.25, 0.3) is 0 Å². The molecule has 3 N–H and O–H groups in total. The van der Waals surface area contributed by atoms with Crippen LogP contribution in [-0.2, 0) is 26.9 Å². The Bertz CT molecular complexity index is 590. The van der Waals surface area contributed by atoms with Crippen LogP contribution in [0, 0.1) is 0 Å². The van der Waals surface area contributed by atoms with Crippen molar-refractivity contribution in [2.24, 2.45) is 5.73 Å². The Morgan fingerprint density at radius 2 is 1.61 bits per heavy atom. The van der Waals surface area contributed by atoms with Crippen molar-refractivity contribution in [1.29, 1.82) is 0 Å². The van der Waals surface area contributed by atoms with Gasteiger partial charge in [0.2, 0.25) is 5.54 Å². The third kappa shape index (κ3) is 4.95. The molecule has 0 aliphatic carbocycles. The van der Waals surface area contributed by atoms with Gasteiger partial charge in [0.05, 0.1) is 5.56 Å². The van der Waals surface area contributed by atoms with E-state index >= 15 is 0 Å². The second-order valence-electron chi connectivity index (χ2n) is 6.15. The summed E-state index contributed by atoms with van der Waals surface area (Å²) in [6.45, 7) is 4.64. The summed E-state index contributed by atoms with van der Waals surface area (Å²) >= 11 is 0. The lowest BCUT2D eigenvalue weighted by molar-refractivity contribution is -0.169. The Hall–Kier alpha value is -2.09. The smallest absolute Gasteiger partial charge is 0.416 e. The number of ether oxygens (including phenoxy) is 1. The summed E-state index contributed by atoms with van der Waals surface area (Å²) in [6, 6.07) is 3.76. The number of halogens is 3. The van der Waals surface area contributed by atoms with E-state index in [0.717, 1.165) is 24.3 Å². The Morgan fingerprint density at radius 3 is 1.96 bits per heavy atom. The average Bonchev–Trinajstić information content (AvgIpc) is 2.35. The zero-order valence-corrected chi connectivity index (χ0v) is 12.9. The van der Waals surface area contributed by atoms with Gasteiger partial charge >= 0.3 is 18.1 Å². The number of alkyl halides is 3. The first-order valence-corrected chi connectivity index (χ1v) is 6.67. The summed E-state index contributed by atoms with van der Waals surface area (Å²) in [7, 11) is 0. The molecule has 8 heteroatoms. The van der Waals surface area contributed by atoms with Crippen molar-refractivity contribution in [3.8, 4) is 0 Å². The highest BCUT2D eigenvalue weighted by Crippen LogP contribution is 2.29. The highest BCUT2D eigenvalue weighted by molar-refractivity contribution is 6.04. The van der Waals surface area contributed by atoms with E-state index < -0.39 is 41.2 Å². The number of rotatable bonds is 4. The van der Waals surface area contributed by atoms with Crippen LogP contribution < -0.4 is 5.73 Å². The molecule has 0 radical (unpaired) electrons. The van der Waals surface area contributed by atoms with Gasteiger partial charge in [-0.1, -0.05) is 12.1 Å². The molecule has 0 saturated heterocycles. The Balaban J connectivity index is 3.04. The summed E-state index contributed by atoms with van der Waals surface area (Å²) in [5.74, 6) is -2.77. The second-order valence-corrected chi connectivity index (χ2v) is 6.15. The van der Waals surface area contributed by atoms with Gasteiger partial charge in [-0.15, -0.1) is 0 Å². The van der Waals surface area contributed by atoms with Crippen LogP contribution in [0.25, 0.3) is 0 Å². The van der Waals surface area contributed by atoms with E-state index in [-0.39, 0.29) is 5.56 Å². The van der Waals surface area contributed by atoms with Gasteiger partial charge < -0.3 is 15.6 Å². The molecule has 1 rings (SSSR count). The van der Waals surface area contributed by atoms with Crippen molar-refractivity contribution in [3.05, 3.63) is 35.4 Å². The van der Waals surface area contributed by atoms with Gasteiger partial charge in [0.1, 0.15) is 5.60 Å². The molecule has 0 amide bonds. The number of nitrogens with two attached hydrogens (primary N) is 1. The molecule has 0 saturated carbocycles. The van der Waals surface area contributed by atoms with E-state index in [1.807, 2.05) is 0 Å². The summed E-state index contributed by atoms with van der Waals surface area (Å²) in [5.41, 5.74) is 1.62. The van der Waals surface area contributed by atoms with Crippen LogP contribution in [0.1, 0.15) is 31.9 Å². The SMILES string of the molecule is CC(C)(C)OC(=O)C(N)(Cc1ccc(C(F)(F)F)cc1)C(=O)O. The molecule has 1 unspecified atom stereocenters. The number of carboxylic acids is 1. The predicted molar refractivity (Wildman–Crippen MR) is 75.5 cm³/mol. The summed E-state index contributed by atoms with van der Waals surface area (Å²) in [4.78, 5) is 23.4. The molecule has 0 fully saturated rings. The van der Waals surface area contributed by atoms with E-state index in [2.05, 4.69) is 0 Å². The highest BCUT2D eigenvalue weighted by Gasteiger charge is 2.45. The van der Waals surface area contributed by atoms with Gasteiger partial charge in [-0.2, -0.15) is 13.2 Å². The zero-order valence-electron chi connectivity index (χ0n) is 12.9. The van der Waals surface area contributed by atoms with Gasteiger partial charge in [-0.05, 0) is 38.5 Å². The minimum atomic E-state index is -4.50. The van der Waals surface area contributed by atoms with Crippen molar-refractivity contribution in [2.45, 2.75) is 44.5 Å². The topological polar surface area (TPSA) is 89.6 Å². The zero-order chi connectivity index (χ0) is 18.1. The monoisotopic (exact) mass is 333 g/mol. The van der Waals surface area contributed by atoms with Crippen molar-refractivity contribution in [3.63, 3.8) is 0 Å². The van der Waals surface area contributed by atoms with Crippen molar-refractivity contribution in [2.75, 3.05) is 0 Å². The third-order valence-electron chi connectivity index (χ3n) is 2.91. The molecule has 1 atom stereocenters. The molecule has 0 bridgehead atoms. The number of hydrogen-bond donors (Lipinski definition) is 2. The summed E-state index contributed by atoms with van der Waals surface area (Å²) in [5, 5.41) is 9.24. The van der Waals surface area contributed by atoms with Gasteiger partial charge in [0, 0.05) is 6.42 Å². The Labute approximate surface area is 131 Å². The van der Waals surface area contributed by atoms with Gasteiger partial charge in [0.15, 0.2) is 0 Å². The minimum absolute atomic E-state index is 0.175. The molecule has 0 heterocycles. The third-order valence-corrected chi connectivity index (χ3v) is 2.91. The number of carbonyl (C=O) groups excluding carboxylic acids is 1. The van der Waals surface area contributed by atoms with Crippen LogP contribution in [0.15, 0.2) is 24.3 Å². The quantitative estimate of drug-likeness (QED) is 0.652. The molecule has 0 aliphatic heterocycles. The lowest BCUT2D eigenvalue weighted by Gasteiger charge is -2.28. The molecule has 0 spiro atoms. The van der Waals surface area contributed by atoms with Gasteiger partial charge in [-0.25, -0.2) is 9.59 Å². The molecule has 23 heavy (non-hydrogen) atoms. The minimum Gasteiger partial charge on any atom is -0.479 e. The number of aliphatic carboxylic acids is 1. The van der Waals surface area contributed by atoms with Crippen LogP contribution >= 0.6 is 0 Å². The molecule has 1 aromatic carbocycles. The fourth-order valence-electron chi connectivity index (χ4n) is 1.74. The summed E-state index contributed by atoms with van der Waals surface area (Å²) < 4.78 is 42.5. The van der Waals surface area contributed by atoms with Crippen LogP contribution in [-0.4, -0.2) is 28.2 Å². The van der Waals surface area contributed by atoms with E-state index in [1.54, 1.807) is 20.8 Å². The molecule has 0 aromatic heterocycles. The van der Waals surface area contributed by atoms with Crippen LogP contribution in [0.5, 0.6) is 0 Å². The standard InChI is InChI=1S/C15H18F3NO4/c1-13(2,3)23-12(22)14(19,11(20)21)8-9-4-6-10(7-5-9)15(16,17)18/h4-7H,8,19H2,1-3H3,(H,20,21). The fourth-order valence-corrected chi connectivity index (χ4v) is 1.74. The van der Waals surface area contributed by atoms with Crippen molar-refractivity contribution < 1.29 is 32.6 Å². The van der Waals surface area contributed by atoms with Crippen molar-refractivity contribution >= 4 is 11.9 Å². The number of esters is 1. The van der Waals surface area contributed by atoms with Crippen LogP contribution in [0.3, 0.4) is 0 Å². The van der Waals surface area contributed by atoms with E-state index in [1.165, 1.54) is 0 Å². The van der Waals surface area contributed by atoms with E-state index in [9.17, 15) is 27.9 Å². The number of carboxylic acid groups (broad SMARTS) is 1. The molecule has 1 aromatic rings. The molecule has 5 nitrogen and oxygen atoms in total. The molecular formula is C15H18F3NO4. The number of carbonyl (C=O) groups is 2. The van der Waals surface area contributed by atoms with Crippen molar-refractivity contribution in [1.82, 2.24) is 0 Å². The lowest BCUT2D eigenvalue weighted by Crippen LogP contribution is -2.58. The maximum atomic E-state index is 12.5. The molecular weight excluding hydrogens is 315 g/mol. The second kappa shape index (κ2) is 6.19. The van der Waals surface area contributed by atoms with Crippen LogP contribution in [0.4, 0.5) is 13.2 Å². The Kier molecular flexibility index (Phi) is 5.10.